The molecule has 2 bridgehead atoms. The van der Waals surface area contributed by atoms with Crippen molar-refractivity contribution in [2.45, 2.75) is 31.3 Å². The first-order chi connectivity index (χ1) is 13.4. The van der Waals surface area contributed by atoms with E-state index in [2.05, 4.69) is 15.0 Å². The molecule has 4 rings (SSSR count). The molecular weight excluding hydrogens is 389 g/mol. The highest BCUT2D eigenvalue weighted by atomic mass is 35.5. The van der Waals surface area contributed by atoms with E-state index in [9.17, 15) is 18.8 Å². The lowest BCUT2D eigenvalue weighted by atomic mass is 9.95. The maximum Gasteiger partial charge on any atom is 0.339 e. The number of aromatic amines is 1. The second-order valence-electron chi connectivity index (χ2n) is 6.87. The van der Waals surface area contributed by atoms with Crippen LogP contribution in [0.2, 0.25) is 5.02 Å². The van der Waals surface area contributed by atoms with Gasteiger partial charge in [-0.3, -0.25) is 4.79 Å². The zero-order valence-corrected chi connectivity index (χ0v) is 15.7. The number of carbonyl (C=O) groups is 2. The fraction of sp³-hybridized carbons (Fsp3) is 0.316. The summed E-state index contributed by atoms with van der Waals surface area (Å²) in [6.07, 6.45) is 3.76. The van der Waals surface area contributed by atoms with Crippen molar-refractivity contribution in [2.24, 2.45) is 0 Å². The van der Waals surface area contributed by atoms with Crippen molar-refractivity contribution in [3.05, 3.63) is 62.3 Å². The van der Waals surface area contributed by atoms with Gasteiger partial charge in [-0.15, -0.1) is 0 Å². The number of fused-ring (bicyclic) bond motifs is 4. The van der Waals surface area contributed by atoms with Gasteiger partial charge in [0.15, 0.2) is 0 Å². The second-order valence-corrected chi connectivity index (χ2v) is 7.28. The first-order valence-electron chi connectivity index (χ1n) is 8.77. The third-order valence-corrected chi connectivity index (χ3v) is 5.61. The number of benzene rings is 1. The van der Waals surface area contributed by atoms with Crippen LogP contribution in [0.1, 0.15) is 40.4 Å². The summed E-state index contributed by atoms with van der Waals surface area (Å²) in [5, 5.41) is 2.44. The number of H-pyrrole nitrogens is 1. The van der Waals surface area contributed by atoms with Gasteiger partial charge < -0.3 is 19.9 Å². The lowest BCUT2D eigenvalue weighted by molar-refractivity contribution is 0.0601. The Morgan fingerprint density at radius 2 is 2.11 bits per heavy atom. The van der Waals surface area contributed by atoms with Gasteiger partial charge in [0.05, 0.1) is 29.4 Å². The van der Waals surface area contributed by atoms with Crippen LogP contribution in [0, 0.1) is 5.82 Å². The average molecular weight is 406 g/mol. The van der Waals surface area contributed by atoms with Crippen molar-refractivity contribution in [2.75, 3.05) is 12.4 Å². The summed E-state index contributed by atoms with van der Waals surface area (Å²) < 4.78 is 18.9. The summed E-state index contributed by atoms with van der Waals surface area (Å²) >= 11 is 5.89. The van der Waals surface area contributed by atoms with Gasteiger partial charge in [-0.1, -0.05) is 11.6 Å². The van der Waals surface area contributed by atoms with Gasteiger partial charge in [0, 0.05) is 18.3 Å². The van der Waals surface area contributed by atoms with Crippen LogP contribution >= 0.6 is 11.6 Å². The number of nitrogens with one attached hydrogen (secondary N) is 2. The molecule has 2 amide bonds. The number of ether oxygens (including phenoxy) is 1. The number of urea groups is 1. The van der Waals surface area contributed by atoms with Gasteiger partial charge in [-0.05, 0) is 42.5 Å². The number of pyridine rings is 1. The number of halogens is 2. The molecule has 9 heteroatoms. The summed E-state index contributed by atoms with van der Waals surface area (Å²) in [6, 6.07) is 2.96. The monoisotopic (exact) mass is 405 g/mol. The maximum absolute atomic E-state index is 14.3. The fourth-order valence-corrected chi connectivity index (χ4v) is 4.28. The van der Waals surface area contributed by atoms with Crippen molar-refractivity contribution >= 4 is 29.3 Å². The van der Waals surface area contributed by atoms with E-state index in [1.807, 2.05) is 0 Å². The van der Waals surface area contributed by atoms with Crippen LogP contribution in [-0.4, -0.2) is 35.0 Å². The Morgan fingerprint density at radius 3 is 2.86 bits per heavy atom. The van der Waals surface area contributed by atoms with Gasteiger partial charge in [-0.25, -0.2) is 14.0 Å². The minimum Gasteiger partial charge on any atom is -0.465 e. The van der Waals surface area contributed by atoms with Crippen LogP contribution in [-0.2, 0) is 11.2 Å². The number of amides is 2. The number of methoxy groups -OCH3 is 1. The summed E-state index contributed by atoms with van der Waals surface area (Å²) in [4.78, 5) is 40.6. The maximum atomic E-state index is 14.3. The summed E-state index contributed by atoms with van der Waals surface area (Å²) in [5.41, 5.74) is 1.47. The molecule has 0 aliphatic carbocycles. The number of nitrogens with zero attached hydrogens (tertiary/aromatic N) is 1. The van der Waals surface area contributed by atoms with Crippen molar-refractivity contribution in [1.82, 2.24) is 9.88 Å². The van der Waals surface area contributed by atoms with E-state index >= 15 is 0 Å². The molecule has 3 heterocycles. The predicted molar refractivity (Wildman–Crippen MR) is 100 cm³/mol. The van der Waals surface area contributed by atoms with Gasteiger partial charge in [0.25, 0.3) is 0 Å². The molecule has 1 aromatic carbocycles. The molecule has 2 aliphatic rings. The SMILES string of the molecule is COC(=O)c1cc(NC(=O)N2[C@@H]3CC[C@H]2c2c[nH]c(=O)cc2C3)c(F)cc1Cl. The first-order valence-corrected chi connectivity index (χ1v) is 9.15. The van der Waals surface area contributed by atoms with E-state index in [-0.39, 0.29) is 33.9 Å². The van der Waals surface area contributed by atoms with E-state index in [4.69, 9.17) is 11.6 Å². The molecule has 7 nitrogen and oxygen atoms in total. The minimum atomic E-state index is -0.750. The molecule has 2 N–H and O–H groups in total. The number of anilines is 1. The number of esters is 1. The Labute approximate surface area is 164 Å². The smallest absolute Gasteiger partial charge is 0.339 e. The minimum absolute atomic E-state index is 0.0367. The molecule has 1 saturated heterocycles. The molecule has 2 aliphatic heterocycles. The first kappa shape index (κ1) is 18.5. The van der Waals surface area contributed by atoms with Crippen LogP contribution in [0.25, 0.3) is 0 Å². The summed E-state index contributed by atoms with van der Waals surface area (Å²) in [7, 11) is 1.19. The third kappa shape index (κ3) is 3.03. The largest absolute Gasteiger partial charge is 0.465 e. The van der Waals surface area contributed by atoms with Gasteiger partial charge >= 0.3 is 12.0 Å². The molecule has 2 atom stereocenters. The Kier molecular flexibility index (Phi) is 4.58. The highest BCUT2D eigenvalue weighted by Gasteiger charge is 2.43. The Morgan fingerprint density at radius 1 is 1.32 bits per heavy atom. The average Bonchev–Trinajstić information content (AvgIpc) is 2.98. The summed E-state index contributed by atoms with van der Waals surface area (Å²) in [6.45, 7) is 0. The lowest BCUT2D eigenvalue weighted by Gasteiger charge is -2.36. The third-order valence-electron chi connectivity index (χ3n) is 5.30. The molecule has 28 heavy (non-hydrogen) atoms. The molecule has 1 aromatic heterocycles. The van der Waals surface area contributed by atoms with Crippen LogP contribution in [0.15, 0.2) is 29.2 Å². The number of carbonyl (C=O) groups excluding carboxylic acids is 2. The predicted octanol–water partition coefficient (Wildman–Crippen LogP) is 3.25. The molecule has 146 valence electrons. The zero-order valence-electron chi connectivity index (χ0n) is 14.9. The van der Waals surface area contributed by atoms with Crippen LogP contribution < -0.4 is 10.9 Å². The van der Waals surface area contributed by atoms with E-state index in [0.29, 0.717) is 6.42 Å². The highest BCUT2D eigenvalue weighted by Crippen LogP contribution is 2.43. The number of aromatic nitrogens is 1. The van der Waals surface area contributed by atoms with Gasteiger partial charge in [0.2, 0.25) is 5.56 Å². The molecule has 0 unspecified atom stereocenters. The Hall–Kier alpha value is -2.87. The second kappa shape index (κ2) is 6.94. The van der Waals surface area contributed by atoms with Crippen molar-refractivity contribution in [3.8, 4) is 0 Å². The van der Waals surface area contributed by atoms with Crippen molar-refractivity contribution in [3.63, 3.8) is 0 Å². The normalized spacial score (nSPS) is 19.9. The molecule has 1 fully saturated rings. The molecule has 0 spiro atoms. The number of rotatable bonds is 2. The topological polar surface area (TPSA) is 91.5 Å². The Balaban J connectivity index is 1.62. The van der Waals surface area contributed by atoms with E-state index < -0.39 is 17.8 Å². The van der Waals surface area contributed by atoms with Crippen molar-refractivity contribution < 1.29 is 18.7 Å². The molecule has 0 saturated carbocycles. The van der Waals surface area contributed by atoms with E-state index in [1.165, 1.54) is 13.2 Å². The Bertz CT molecular complexity index is 1040. The van der Waals surface area contributed by atoms with Crippen LogP contribution in [0.3, 0.4) is 0 Å². The quantitative estimate of drug-likeness (QED) is 0.750. The van der Waals surface area contributed by atoms with E-state index in [0.717, 1.165) is 30.0 Å². The van der Waals surface area contributed by atoms with Crippen LogP contribution in [0.4, 0.5) is 14.9 Å². The van der Waals surface area contributed by atoms with E-state index in [1.54, 1.807) is 17.2 Å². The lowest BCUT2D eigenvalue weighted by Crippen LogP contribution is -2.44. The van der Waals surface area contributed by atoms with Crippen molar-refractivity contribution in [1.29, 1.82) is 0 Å². The van der Waals surface area contributed by atoms with Gasteiger partial charge in [0.1, 0.15) is 5.82 Å². The molecule has 2 aromatic rings. The number of hydrogen-bond acceptors (Lipinski definition) is 4. The number of hydrogen-bond donors (Lipinski definition) is 2. The summed E-state index contributed by atoms with van der Waals surface area (Å²) in [5.74, 6) is -1.48. The molecular formula is C19H17ClFN3O4. The molecule has 0 radical (unpaired) electrons. The van der Waals surface area contributed by atoms with Gasteiger partial charge in [-0.2, -0.15) is 0 Å². The standard InChI is InChI=1S/C19H17ClFN3O4/c1-28-18(26)11-6-15(14(21)7-13(11)20)23-19(27)24-10-2-3-16(24)12-8-22-17(25)5-9(12)4-10/h5-8,10,16H,2-4H2,1H3,(H,22,25)(H,23,27)/t10-,16+/m1/s1. The zero-order chi connectivity index (χ0) is 20.0. The highest BCUT2D eigenvalue weighted by molar-refractivity contribution is 6.33. The fourth-order valence-electron chi connectivity index (χ4n) is 4.05. The van der Waals surface area contributed by atoms with Crippen LogP contribution in [0.5, 0.6) is 0 Å².